The number of hydrogen-bond acceptors (Lipinski definition) is 5. The van der Waals surface area contributed by atoms with E-state index in [2.05, 4.69) is 24.4 Å². The summed E-state index contributed by atoms with van der Waals surface area (Å²) in [6.45, 7) is 3.88. The van der Waals surface area contributed by atoms with Crippen LogP contribution in [0.4, 0.5) is 0 Å². The number of benzene rings is 2. The first-order valence-electron chi connectivity index (χ1n) is 8.75. The first-order valence-corrected chi connectivity index (χ1v) is 8.75. The van der Waals surface area contributed by atoms with Gasteiger partial charge in [-0.3, -0.25) is 4.79 Å². The topological polar surface area (TPSA) is 73.9 Å². The average molecular weight is 371 g/mol. The first-order chi connectivity index (χ1) is 13.0. The summed E-state index contributed by atoms with van der Waals surface area (Å²) >= 11 is 0. The molecule has 144 valence electrons. The summed E-state index contributed by atoms with van der Waals surface area (Å²) < 4.78 is 15.4. The molecular formula is C21H25NO5. The zero-order chi connectivity index (χ0) is 19.8. The van der Waals surface area contributed by atoms with Gasteiger partial charge in [-0.2, -0.15) is 0 Å². The fourth-order valence-corrected chi connectivity index (χ4v) is 2.60. The van der Waals surface area contributed by atoms with Crippen molar-refractivity contribution < 1.29 is 23.8 Å². The number of rotatable bonds is 8. The van der Waals surface area contributed by atoms with Crippen molar-refractivity contribution >= 4 is 11.9 Å². The lowest BCUT2D eigenvalue weighted by Gasteiger charge is -2.15. The van der Waals surface area contributed by atoms with Gasteiger partial charge in [-0.15, -0.1) is 0 Å². The van der Waals surface area contributed by atoms with Crippen LogP contribution in [-0.4, -0.2) is 32.7 Å². The van der Waals surface area contributed by atoms with E-state index in [1.807, 2.05) is 19.1 Å². The number of nitrogens with one attached hydrogen (secondary N) is 1. The van der Waals surface area contributed by atoms with E-state index >= 15 is 0 Å². The Bertz CT molecular complexity index is 786. The third-order valence-electron chi connectivity index (χ3n) is 4.21. The van der Waals surface area contributed by atoms with Crippen molar-refractivity contribution in [2.24, 2.45) is 0 Å². The van der Waals surface area contributed by atoms with Crippen LogP contribution in [-0.2, 0) is 16.0 Å². The van der Waals surface area contributed by atoms with Gasteiger partial charge in [-0.05, 0) is 36.6 Å². The Labute approximate surface area is 159 Å². The zero-order valence-electron chi connectivity index (χ0n) is 16.1. The number of carbonyl (C=O) groups excluding carboxylic acids is 2. The molecule has 6 heteroatoms. The summed E-state index contributed by atoms with van der Waals surface area (Å²) in [6.07, 6.45) is 0.979. The minimum atomic E-state index is -0.501. The maximum absolute atomic E-state index is 12.2. The monoisotopic (exact) mass is 371 g/mol. The van der Waals surface area contributed by atoms with Crippen molar-refractivity contribution in [2.45, 2.75) is 26.3 Å². The van der Waals surface area contributed by atoms with Crippen molar-refractivity contribution in [1.29, 1.82) is 0 Å². The summed E-state index contributed by atoms with van der Waals surface area (Å²) in [5.41, 5.74) is 2.58. The van der Waals surface area contributed by atoms with Gasteiger partial charge in [-0.25, -0.2) is 4.79 Å². The van der Waals surface area contributed by atoms with Crippen LogP contribution in [0, 0.1) is 0 Å². The number of amides is 1. The second-order valence-electron chi connectivity index (χ2n) is 6.03. The fourth-order valence-electron chi connectivity index (χ4n) is 2.60. The fraction of sp³-hybridized carbons (Fsp3) is 0.333. The highest BCUT2D eigenvalue weighted by Crippen LogP contribution is 2.25. The van der Waals surface area contributed by atoms with E-state index in [1.54, 1.807) is 12.1 Å². The van der Waals surface area contributed by atoms with Crippen molar-refractivity contribution in [2.75, 3.05) is 20.8 Å². The molecule has 2 aromatic carbocycles. The molecule has 0 heterocycles. The van der Waals surface area contributed by atoms with Gasteiger partial charge < -0.3 is 19.5 Å². The van der Waals surface area contributed by atoms with Crippen LogP contribution in [0.15, 0.2) is 42.5 Å². The van der Waals surface area contributed by atoms with E-state index in [0.29, 0.717) is 17.1 Å². The normalized spacial score (nSPS) is 11.4. The lowest BCUT2D eigenvalue weighted by molar-refractivity contribution is -0.123. The minimum absolute atomic E-state index is 0.122. The number of ether oxygens (including phenoxy) is 3. The first kappa shape index (κ1) is 20.3. The molecular weight excluding hydrogens is 346 g/mol. The van der Waals surface area contributed by atoms with Crippen LogP contribution in [0.5, 0.6) is 11.5 Å². The number of hydrogen-bond donors (Lipinski definition) is 1. The lowest BCUT2D eigenvalue weighted by atomic mass is 10.1. The molecule has 0 aliphatic heterocycles. The molecule has 0 bridgehead atoms. The summed E-state index contributed by atoms with van der Waals surface area (Å²) in [5, 5.41) is 2.90. The van der Waals surface area contributed by atoms with Gasteiger partial charge in [0, 0.05) is 6.07 Å². The highest BCUT2D eigenvalue weighted by molar-refractivity contribution is 5.92. The lowest BCUT2D eigenvalue weighted by Crippen LogP contribution is -2.31. The molecule has 2 rings (SSSR count). The zero-order valence-corrected chi connectivity index (χ0v) is 16.1. The number of carbonyl (C=O) groups is 2. The van der Waals surface area contributed by atoms with Crippen LogP contribution in [0.3, 0.4) is 0 Å². The Morgan fingerprint density at radius 2 is 1.78 bits per heavy atom. The average Bonchev–Trinajstić information content (AvgIpc) is 2.71. The van der Waals surface area contributed by atoms with E-state index in [4.69, 9.17) is 14.2 Å². The van der Waals surface area contributed by atoms with Gasteiger partial charge in [0.25, 0.3) is 5.91 Å². The Morgan fingerprint density at radius 3 is 2.37 bits per heavy atom. The molecule has 0 saturated heterocycles. The van der Waals surface area contributed by atoms with E-state index in [-0.39, 0.29) is 18.6 Å². The molecule has 27 heavy (non-hydrogen) atoms. The van der Waals surface area contributed by atoms with E-state index in [1.165, 1.54) is 25.8 Å². The molecule has 1 N–H and O–H groups in total. The van der Waals surface area contributed by atoms with Crippen LogP contribution >= 0.6 is 0 Å². The minimum Gasteiger partial charge on any atom is -0.496 e. The molecule has 6 nitrogen and oxygen atoms in total. The summed E-state index contributed by atoms with van der Waals surface area (Å²) in [7, 11) is 2.75. The van der Waals surface area contributed by atoms with Crippen molar-refractivity contribution in [3.8, 4) is 11.5 Å². The summed E-state index contributed by atoms with van der Waals surface area (Å²) in [4.78, 5) is 23.8. The number of methoxy groups -OCH3 is 2. The quantitative estimate of drug-likeness (QED) is 0.721. The van der Waals surface area contributed by atoms with Crippen LogP contribution < -0.4 is 14.8 Å². The highest BCUT2D eigenvalue weighted by atomic mass is 16.5. The second-order valence-corrected chi connectivity index (χ2v) is 6.03. The third kappa shape index (κ3) is 5.48. The van der Waals surface area contributed by atoms with Gasteiger partial charge in [0.05, 0.1) is 20.3 Å². The van der Waals surface area contributed by atoms with Gasteiger partial charge in [-0.1, -0.05) is 31.2 Å². The van der Waals surface area contributed by atoms with Crippen LogP contribution in [0.2, 0.25) is 0 Å². The number of aryl methyl sites for hydroxylation is 1. The van der Waals surface area contributed by atoms with Gasteiger partial charge in [0.2, 0.25) is 0 Å². The molecule has 0 spiro atoms. The summed E-state index contributed by atoms with van der Waals surface area (Å²) in [6, 6.07) is 12.7. The van der Waals surface area contributed by atoms with E-state index in [9.17, 15) is 9.59 Å². The molecule has 0 fully saturated rings. The van der Waals surface area contributed by atoms with Gasteiger partial charge in [0.15, 0.2) is 6.61 Å². The molecule has 1 amide bonds. The molecule has 0 aromatic heterocycles. The van der Waals surface area contributed by atoms with Crippen molar-refractivity contribution in [3.63, 3.8) is 0 Å². The predicted molar refractivity (Wildman–Crippen MR) is 102 cm³/mol. The smallest absolute Gasteiger partial charge is 0.341 e. The van der Waals surface area contributed by atoms with Crippen molar-refractivity contribution in [1.82, 2.24) is 5.32 Å². The van der Waals surface area contributed by atoms with Gasteiger partial charge in [0.1, 0.15) is 17.1 Å². The Balaban J connectivity index is 1.93. The standard InChI is InChI=1S/C21H25NO5/c1-5-15-6-8-16(9-7-15)14(2)22-20(23)13-27-17-10-11-18(21(24)26-4)19(12-17)25-3/h6-12,14H,5,13H2,1-4H3,(H,22,23)/t14-/m0/s1. The molecule has 0 aliphatic carbocycles. The molecule has 1 atom stereocenters. The van der Waals surface area contributed by atoms with Crippen LogP contribution in [0.1, 0.15) is 41.4 Å². The maximum atomic E-state index is 12.2. The number of esters is 1. The molecule has 0 saturated carbocycles. The Kier molecular flexibility index (Phi) is 7.23. The maximum Gasteiger partial charge on any atom is 0.341 e. The molecule has 0 aliphatic rings. The van der Waals surface area contributed by atoms with Gasteiger partial charge >= 0.3 is 5.97 Å². The Morgan fingerprint density at radius 1 is 1.07 bits per heavy atom. The van der Waals surface area contributed by atoms with E-state index < -0.39 is 5.97 Å². The molecule has 0 radical (unpaired) electrons. The predicted octanol–water partition coefficient (Wildman–Crippen LogP) is 3.30. The Hall–Kier alpha value is -3.02. The molecule has 0 unspecified atom stereocenters. The van der Waals surface area contributed by atoms with E-state index in [0.717, 1.165) is 12.0 Å². The largest absolute Gasteiger partial charge is 0.496 e. The highest BCUT2D eigenvalue weighted by Gasteiger charge is 2.15. The SMILES string of the molecule is CCc1ccc([C@H](C)NC(=O)COc2ccc(C(=O)OC)c(OC)c2)cc1. The van der Waals surface area contributed by atoms with Crippen molar-refractivity contribution in [3.05, 3.63) is 59.2 Å². The third-order valence-corrected chi connectivity index (χ3v) is 4.21. The summed E-state index contributed by atoms with van der Waals surface area (Å²) in [5.74, 6) is 0.0101. The second kappa shape index (κ2) is 9.62. The van der Waals surface area contributed by atoms with Crippen LogP contribution in [0.25, 0.3) is 0 Å². The molecule has 2 aromatic rings.